The lowest BCUT2D eigenvalue weighted by atomic mass is 10.8. The number of hydrogen-bond acceptors (Lipinski definition) is 4. The molecule has 56 valence electrons. The summed E-state index contributed by atoms with van der Waals surface area (Å²) in [5, 5.41) is 6.45. The van der Waals surface area contributed by atoms with E-state index in [0.29, 0.717) is 17.5 Å². The number of aromatic amines is 1. The lowest BCUT2D eigenvalue weighted by Crippen LogP contribution is -2.11. The molecule has 0 saturated heterocycles. The first-order valence-electron chi connectivity index (χ1n) is 2.78. The maximum Gasteiger partial charge on any atom is 0.214 e. The molecule has 6 heteroatoms. The molecule has 0 aromatic carbocycles. The Morgan fingerprint density at radius 1 is 1.80 bits per heavy atom. The summed E-state index contributed by atoms with van der Waals surface area (Å²) in [5.74, 6) is 0.426. The van der Waals surface area contributed by atoms with E-state index in [4.69, 9.17) is 5.73 Å². The predicted octanol–water partition coefficient (Wildman–Crippen LogP) is -1.13. The van der Waals surface area contributed by atoms with Crippen LogP contribution < -0.4 is 5.73 Å². The molecule has 0 aliphatic carbocycles. The first-order chi connectivity index (χ1) is 4.84. The Bertz CT molecular complexity index is 209. The zero-order valence-electron chi connectivity index (χ0n) is 5.28. The fourth-order valence-electron chi connectivity index (χ4n) is 0.508. The topological polar surface area (TPSA) is 84.7 Å². The van der Waals surface area contributed by atoms with Crippen LogP contribution in [-0.2, 0) is 10.8 Å². The molecule has 0 radical (unpaired) electrons. The van der Waals surface area contributed by atoms with E-state index in [-0.39, 0.29) is 0 Å². The van der Waals surface area contributed by atoms with E-state index in [2.05, 4.69) is 15.2 Å². The monoisotopic (exact) mass is 160 g/mol. The van der Waals surface area contributed by atoms with Gasteiger partial charge in [0, 0.05) is 12.3 Å². The normalized spacial score (nSPS) is 13.3. The van der Waals surface area contributed by atoms with Gasteiger partial charge in [-0.2, -0.15) is 5.10 Å². The second-order valence-corrected chi connectivity index (χ2v) is 3.11. The Labute approximate surface area is 60.5 Å². The Kier molecular flexibility index (Phi) is 2.52. The summed E-state index contributed by atoms with van der Waals surface area (Å²) in [6, 6.07) is 0. The molecular weight excluding hydrogens is 152 g/mol. The van der Waals surface area contributed by atoms with Gasteiger partial charge in [0.15, 0.2) is 0 Å². The van der Waals surface area contributed by atoms with E-state index in [9.17, 15) is 4.21 Å². The number of hydrogen-bond donors (Lipinski definition) is 2. The van der Waals surface area contributed by atoms with Crippen molar-refractivity contribution in [1.29, 1.82) is 0 Å². The fourth-order valence-corrected chi connectivity index (χ4v) is 1.23. The van der Waals surface area contributed by atoms with Gasteiger partial charge in [-0.05, 0) is 0 Å². The molecule has 0 amide bonds. The molecule has 0 fully saturated rings. The number of nitrogens with one attached hydrogen (secondary N) is 1. The van der Waals surface area contributed by atoms with E-state index in [0.717, 1.165) is 0 Å². The lowest BCUT2D eigenvalue weighted by molar-refractivity contribution is 0.676. The highest BCUT2D eigenvalue weighted by molar-refractivity contribution is 7.84. The molecule has 0 aliphatic heterocycles. The fraction of sp³-hybridized carbons (Fsp3) is 0.500. The predicted molar refractivity (Wildman–Crippen MR) is 36.7 cm³/mol. The maximum atomic E-state index is 11.0. The van der Waals surface area contributed by atoms with Crippen LogP contribution in [0, 0.1) is 0 Å². The van der Waals surface area contributed by atoms with E-state index in [1.165, 1.54) is 6.33 Å². The van der Waals surface area contributed by atoms with Crippen molar-refractivity contribution in [2.45, 2.75) is 5.16 Å². The van der Waals surface area contributed by atoms with Crippen LogP contribution in [0.5, 0.6) is 0 Å². The second-order valence-electron chi connectivity index (χ2n) is 1.63. The first-order valence-corrected chi connectivity index (χ1v) is 4.10. The van der Waals surface area contributed by atoms with Crippen LogP contribution in [0.15, 0.2) is 11.5 Å². The highest BCUT2D eigenvalue weighted by atomic mass is 32.2. The van der Waals surface area contributed by atoms with Gasteiger partial charge in [0.05, 0.1) is 10.8 Å². The molecule has 1 aromatic rings. The number of aromatic nitrogens is 3. The molecule has 1 heterocycles. The van der Waals surface area contributed by atoms with Gasteiger partial charge in [-0.25, -0.2) is 4.98 Å². The Morgan fingerprint density at radius 2 is 2.60 bits per heavy atom. The van der Waals surface area contributed by atoms with Crippen molar-refractivity contribution in [1.82, 2.24) is 15.2 Å². The van der Waals surface area contributed by atoms with Gasteiger partial charge in [0.25, 0.3) is 0 Å². The average molecular weight is 160 g/mol. The highest BCUT2D eigenvalue weighted by Crippen LogP contribution is 1.93. The summed E-state index contributed by atoms with van der Waals surface area (Å²) in [7, 11) is -1.11. The molecule has 0 bridgehead atoms. The van der Waals surface area contributed by atoms with Crippen molar-refractivity contribution in [3.8, 4) is 0 Å². The van der Waals surface area contributed by atoms with E-state index in [1.54, 1.807) is 0 Å². The quantitative estimate of drug-likeness (QED) is 0.586. The van der Waals surface area contributed by atoms with Crippen molar-refractivity contribution in [3.05, 3.63) is 6.33 Å². The molecule has 1 rings (SSSR count). The number of nitrogens with two attached hydrogens (primary N) is 1. The van der Waals surface area contributed by atoms with Gasteiger partial charge < -0.3 is 5.73 Å². The zero-order valence-corrected chi connectivity index (χ0v) is 6.10. The molecule has 1 atom stereocenters. The molecule has 1 aromatic heterocycles. The summed E-state index contributed by atoms with van der Waals surface area (Å²) in [4.78, 5) is 3.71. The summed E-state index contributed by atoms with van der Waals surface area (Å²) in [6.07, 6.45) is 1.32. The largest absolute Gasteiger partial charge is 0.330 e. The van der Waals surface area contributed by atoms with E-state index in [1.807, 2.05) is 0 Å². The van der Waals surface area contributed by atoms with Crippen molar-refractivity contribution in [3.63, 3.8) is 0 Å². The third-order valence-electron chi connectivity index (χ3n) is 0.912. The lowest BCUT2D eigenvalue weighted by Gasteiger charge is -1.91. The van der Waals surface area contributed by atoms with Gasteiger partial charge >= 0.3 is 0 Å². The minimum atomic E-state index is -1.11. The van der Waals surface area contributed by atoms with Crippen LogP contribution in [0.2, 0.25) is 0 Å². The Balaban J connectivity index is 2.59. The molecule has 0 spiro atoms. The van der Waals surface area contributed by atoms with Gasteiger partial charge in [-0.15, -0.1) is 0 Å². The van der Waals surface area contributed by atoms with Gasteiger partial charge in [-0.3, -0.25) is 9.31 Å². The maximum absolute atomic E-state index is 11.0. The van der Waals surface area contributed by atoms with Crippen molar-refractivity contribution in [2.75, 3.05) is 12.3 Å². The summed E-state index contributed by atoms with van der Waals surface area (Å²) in [6.45, 7) is 0.396. The first kappa shape index (κ1) is 7.36. The van der Waals surface area contributed by atoms with Gasteiger partial charge in [-0.1, -0.05) is 0 Å². The molecule has 3 N–H and O–H groups in total. The summed E-state index contributed by atoms with van der Waals surface area (Å²) < 4.78 is 11.0. The second kappa shape index (κ2) is 3.43. The highest BCUT2D eigenvalue weighted by Gasteiger charge is 2.03. The Hall–Kier alpha value is -0.750. The minimum absolute atomic E-state index is 0.394. The molecule has 1 unspecified atom stereocenters. The van der Waals surface area contributed by atoms with Crippen LogP contribution in [-0.4, -0.2) is 31.7 Å². The smallest absolute Gasteiger partial charge is 0.214 e. The van der Waals surface area contributed by atoms with Crippen molar-refractivity contribution in [2.24, 2.45) is 5.73 Å². The average Bonchev–Trinajstić information content (AvgIpc) is 2.38. The molecule has 5 nitrogen and oxygen atoms in total. The van der Waals surface area contributed by atoms with Crippen LogP contribution in [0.3, 0.4) is 0 Å². The number of H-pyrrole nitrogens is 1. The van der Waals surface area contributed by atoms with Crippen LogP contribution in [0.1, 0.15) is 0 Å². The van der Waals surface area contributed by atoms with Gasteiger partial charge in [0.2, 0.25) is 5.16 Å². The van der Waals surface area contributed by atoms with Crippen LogP contribution in [0.4, 0.5) is 0 Å². The standard InChI is InChI=1S/C4H8N4OS/c5-1-2-10(9)4-6-3-7-8-4/h3H,1-2,5H2,(H,6,7,8). The van der Waals surface area contributed by atoms with Gasteiger partial charge in [0.1, 0.15) is 6.33 Å². The van der Waals surface area contributed by atoms with Crippen molar-refractivity contribution < 1.29 is 4.21 Å². The third-order valence-corrected chi connectivity index (χ3v) is 2.15. The Morgan fingerprint density at radius 3 is 3.10 bits per heavy atom. The molecule has 10 heavy (non-hydrogen) atoms. The summed E-state index contributed by atoms with van der Waals surface area (Å²) >= 11 is 0. The number of nitrogens with zero attached hydrogens (tertiary/aromatic N) is 2. The minimum Gasteiger partial charge on any atom is -0.330 e. The molecular formula is C4H8N4OS. The van der Waals surface area contributed by atoms with Crippen LogP contribution >= 0.6 is 0 Å². The zero-order chi connectivity index (χ0) is 7.40. The van der Waals surface area contributed by atoms with E-state index < -0.39 is 10.8 Å². The molecule has 0 aliphatic rings. The third kappa shape index (κ3) is 1.61. The SMILES string of the molecule is NCCS(=O)c1ncn[nH]1. The molecule has 0 saturated carbocycles. The summed E-state index contributed by atoms with van der Waals surface area (Å²) in [5.41, 5.74) is 5.18. The van der Waals surface area contributed by atoms with Crippen LogP contribution in [0.25, 0.3) is 0 Å². The van der Waals surface area contributed by atoms with E-state index >= 15 is 0 Å². The van der Waals surface area contributed by atoms with Crippen molar-refractivity contribution >= 4 is 10.8 Å². The number of rotatable bonds is 3.